The highest BCUT2D eigenvalue weighted by Crippen LogP contribution is 2.25. The standard InChI is InChI=1S/C19H29NO4/c1-3-4-10-16-14(2)24-19(21)17(20)12-22-13-18(16)23-11-15-8-6-5-7-9-15/h5-9,14,16-18H,3-4,10-13,20H2,1-2H3. The second kappa shape index (κ2) is 9.77. The highest BCUT2D eigenvalue weighted by Gasteiger charge is 2.33. The van der Waals surface area contributed by atoms with E-state index >= 15 is 0 Å². The van der Waals surface area contributed by atoms with Crippen LogP contribution in [-0.2, 0) is 25.6 Å². The first-order valence-corrected chi connectivity index (χ1v) is 8.81. The first-order chi connectivity index (χ1) is 11.6. The van der Waals surface area contributed by atoms with Gasteiger partial charge in [0, 0.05) is 5.92 Å². The molecule has 0 saturated carbocycles. The number of hydrogen-bond acceptors (Lipinski definition) is 5. The zero-order valence-corrected chi connectivity index (χ0v) is 14.6. The van der Waals surface area contributed by atoms with Crippen LogP contribution in [0.5, 0.6) is 0 Å². The molecule has 2 N–H and O–H groups in total. The number of esters is 1. The molecule has 5 nitrogen and oxygen atoms in total. The maximum atomic E-state index is 12.0. The second-order valence-corrected chi connectivity index (χ2v) is 6.43. The zero-order chi connectivity index (χ0) is 17.4. The predicted octanol–water partition coefficient (Wildman–Crippen LogP) is 2.67. The van der Waals surface area contributed by atoms with Gasteiger partial charge >= 0.3 is 5.97 Å². The van der Waals surface area contributed by atoms with Gasteiger partial charge in [-0.3, -0.25) is 4.79 Å². The Morgan fingerprint density at radius 2 is 2.00 bits per heavy atom. The highest BCUT2D eigenvalue weighted by molar-refractivity contribution is 5.75. The normalized spacial score (nSPS) is 28.5. The largest absolute Gasteiger partial charge is 0.461 e. The van der Waals surface area contributed by atoms with Crippen molar-refractivity contribution < 1.29 is 19.0 Å². The first kappa shape index (κ1) is 18.9. The molecule has 1 aromatic rings. The SMILES string of the molecule is CCCCC1C(C)OC(=O)C(N)COCC1OCc1ccccc1. The van der Waals surface area contributed by atoms with Crippen LogP contribution < -0.4 is 5.73 Å². The lowest BCUT2D eigenvalue weighted by molar-refractivity contribution is -0.155. The number of unbranched alkanes of at least 4 members (excludes halogenated alkanes) is 1. The van der Waals surface area contributed by atoms with Crippen molar-refractivity contribution in [1.29, 1.82) is 0 Å². The van der Waals surface area contributed by atoms with Gasteiger partial charge < -0.3 is 19.9 Å². The summed E-state index contributed by atoms with van der Waals surface area (Å²) in [7, 11) is 0. The van der Waals surface area contributed by atoms with E-state index in [1.54, 1.807) is 0 Å². The summed E-state index contributed by atoms with van der Waals surface area (Å²) in [6.45, 7) is 5.19. The molecule has 1 aliphatic heterocycles. The third-order valence-corrected chi connectivity index (χ3v) is 4.46. The molecule has 0 spiro atoms. The molecule has 0 amide bonds. The number of hydrogen-bond donors (Lipinski definition) is 1. The van der Waals surface area contributed by atoms with Gasteiger partial charge in [-0.15, -0.1) is 0 Å². The Kier molecular flexibility index (Phi) is 7.69. The Hall–Kier alpha value is -1.43. The van der Waals surface area contributed by atoms with Crippen molar-refractivity contribution in [1.82, 2.24) is 0 Å². The topological polar surface area (TPSA) is 70.8 Å². The lowest BCUT2D eigenvalue weighted by Gasteiger charge is -2.30. The number of rotatable bonds is 6. The zero-order valence-electron chi connectivity index (χ0n) is 14.6. The van der Waals surface area contributed by atoms with Crippen LogP contribution >= 0.6 is 0 Å². The average Bonchev–Trinajstić information content (AvgIpc) is 2.63. The molecule has 1 fully saturated rings. The number of carbonyl (C=O) groups excluding carboxylic acids is 1. The number of carbonyl (C=O) groups is 1. The van der Waals surface area contributed by atoms with Crippen LogP contribution in [0.25, 0.3) is 0 Å². The molecule has 2 rings (SSSR count). The van der Waals surface area contributed by atoms with E-state index in [2.05, 4.69) is 6.92 Å². The van der Waals surface area contributed by atoms with Crippen LogP contribution in [0.15, 0.2) is 30.3 Å². The lowest BCUT2D eigenvalue weighted by atomic mass is 9.91. The number of benzene rings is 1. The van der Waals surface area contributed by atoms with E-state index in [9.17, 15) is 4.79 Å². The van der Waals surface area contributed by atoms with Crippen LogP contribution in [0.2, 0.25) is 0 Å². The summed E-state index contributed by atoms with van der Waals surface area (Å²) in [6, 6.07) is 9.33. The molecule has 4 unspecified atom stereocenters. The molecule has 4 atom stereocenters. The Morgan fingerprint density at radius 3 is 2.71 bits per heavy atom. The molecule has 134 valence electrons. The van der Waals surface area contributed by atoms with Crippen molar-refractivity contribution in [3.8, 4) is 0 Å². The number of nitrogens with two attached hydrogens (primary N) is 1. The number of ether oxygens (including phenoxy) is 3. The fraction of sp³-hybridized carbons (Fsp3) is 0.632. The van der Waals surface area contributed by atoms with Gasteiger partial charge in [-0.25, -0.2) is 0 Å². The van der Waals surface area contributed by atoms with Crippen molar-refractivity contribution in [3.63, 3.8) is 0 Å². The van der Waals surface area contributed by atoms with Gasteiger partial charge in [0.05, 0.1) is 25.9 Å². The van der Waals surface area contributed by atoms with Gasteiger partial charge in [0.25, 0.3) is 0 Å². The van der Waals surface area contributed by atoms with Crippen molar-refractivity contribution >= 4 is 5.97 Å². The molecular weight excluding hydrogens is 306 g/mol. The van der Waals surface area contributed by atoms with Gasteiger partial charge in [0.2, 0.25) is 0 Å². The maximum absolute atomic E-state index is 12.0. The van der Waals surface area contributed by atoms with Gasteiger partial charge in [-0.1, -0.05) is 50.1 Å². The van der Waals surface area contributed by atoms with E-state index in [1.807, 2.05) is 37.3 Å². The van der Waals surface area contributed by atoms with Crippen LogP contribution in [-0.4, -0.2) is 37.4 Å². The Labute approximate surface area is 144 Å². The van der Waals surface area contributed by atoms with Crippen molar-refractivity contribution in [2.24, 2.45) is 11.7 Å². The molecule has 24 heavy (non-hydrogen) atoms. The van der Waals surface area contributed by atoms with Crippen LogP contribution in [0, 0.1) is 5.92 Å². The molecule has 1 aliphatic rings. The minimum absolute atomic E-state index is 0.0999. The third kappa shape index (κ3) is 5.58. The minimum atomic E-state index is -0.729. The van der Waals surface area contributed by atoms with Gasteiger partial charge in [-0.2, -0.15) is 0 Å². The summed E-state index contributed by atoms with van der Waals surface area (Å²) >= 11 is 0. The van der Waals surface area contributed by atoms with E-state index < -0.39 is 12.0 Å². The summed E-state index contributed by atoms with van der Waals surface area (Å²) in [5.74, 6) is -0.296. The smallest absolute Gasteiger partial charge is 0.325 e. The minimum Gasteiger partial charge on any atom is -0.461 e. The van der Waals surface area contributed by atoms with Crippen molar-refractivity contribution in [3.05, 3.63) is 35.9 Å². The monoisotopic (exact) mass is 335 g/mol. The summed E-state index contributed by atoms with van der Waals surface area (Å²) in [5.41, 5.74) is 6.91. The van der Waals surface area contributed by atoms with Gasteiger partial charge in [-0.05, 0) is 18.9 Å². The van der Waals surface area contributed by atoms with E-state index in [1.165, 1.54) is 0 Å². The van der Waals surface area contributed by atoms with Crippen LogP contribution in [0.3, 0.4) is 0 Å². The van der Waals surface area contributed by atoms with Crippen LogP contribution in [0.4, 0.5) is 0 Å². The third-order valence-electron chi connectivity index (χ3n) is 4.46. The summed E-state index contributed by atoms with van der Waals surface area (Å²) in [6.07, 6.45) is 2.72. The van der Waals surface area contributed by atoms with E-state index in [0.29, 0.717) is 13.2 Å². The average molecular weight is 335 g/mol. The highest BCUT2D eigenvalue weighted by atomic mass is 16.6. The quantitative estimate of drug-likeness (QED) is 0.809. The van der Waals surface area contributed by atoms with E-state index in [4.69, 9.17) is 19.9 Å². The molecule has 5 heteroatoms. The van der Waals surface area contributed by atoms with Gasteiger partial charge in [0.1, 0.15) is 12.1 Å². The Morgan fingerprint density at radius 1 is 1.25 bits per heavy atom. The molecule has 0 radical (unpaired) electrons. The molecule has 0 aromatic heterocycles. The van der Waals surface area contributed by atoms with E-state index in [0.717, 1.165) is 24.8 Å². The summed E-state index contributed by atoms with van der Waals surface area (Å²) in [4.78, 5) is 12.0. The molecule has 1 saturated heterocycles. The number of cyclic esters (lactones) is 1. The Bertz CT molecular complexity index is 493. The molecule has 0 aliphatic carbocycles. The fourth-order valence-corrected chi connectivity index (χ4v) is 2.97. The van der Waals surface area contributed by atoms with Gasteiger partial charge in [0.15, 0.2) is 0 Å². The fourth-order valence-electron chi connectivity index (χ4n) is 2.97. The second-order valence-electron chi connectivity index (χ2n) is 6.43. The molecule has 1 aromatic carbocycles. The first-order valence-electron chi connectivity index (χ1n) is 8.81. The van der Waals surface area contributed by atoms with Crippen molar-refractivity contribution in [2.45, 2.75) is 58.0 Å². The Balaban J connectivity index is 2.07. The van der Waals surface area contributed by atoms with Crippen LogP contribution in [0.1, 0.15) is 38.7 Å². The maximum Gasteiger partial charge on any atom is 0.325 e. The van der Waals surface area contributed by atoms with E-state index in [-0.39, 0.29) is 24.7 Å². The lowest BCUT2D eigenvalue weighted by Crippen LogP contribution is -2.39. The summed E-state index contributed by atoms with van der Waals surface area (Å²) in [5, 5.41) is 0. The van der Waals surface area contributed by atoms with Crippen molar-refractivity contribution in [2.75, 3.05) is 13.2 Å². The molecule has 0 bridgehead atoms. The molecule has 1 heterocycles. The summed E-state index contributed by atoms with van der Waals surface area (Å²) < 4.78 is 17.4. The predicted molar refractivity (Wildman–Crippen MR) is 92.4 cm³/mol. The molecular formula is C19H29NO4.